The van der Waals surface area contributed by atoms with Crippen LogP contribution in [0.5, 0.6) is 11.5 Å². The Balaban J connectivity index is 1.81. The molecule has 0 bridgehead atoms. The maximum absolute atomic E-state index is 5.52. The standard InChI is InChI=1S/C33H28O2/c1-21-9-18-29-30(19-21)33(23-10-14-25(34-3)15-11-23,24-12-16-26(35-4)17-13-24)31-20-22(2)27-7-5-6-8-28(27)32(29)31/h5-20H,1-4H3. The van der Waals surface area contributed by atoms with Crippen LogP contribution in [0.1, 0.15) is 33.4 Å². The SMILES string of the molecule is COc1ccc(C2(c3ccc(OC)cc3)c3cc(C)ccc3-c3c2cc(C)c2ccccc32)cc1. The van der Waals surface area contributed by atoms with Crippen molar-refractivity contribution in [1.29, 1.82) is 0 Å². The highest BCUT2D eigenvalue weighted by atomic mass is 16.5. The van der Waals surface area contributed by atoms with Gasteiger partial charge in [0.15, 0.2) is 0 Å². The fourth-order valence-corrected chi connectivity index (χ4v) is 5.94. The maximum Gasteiger partial charge on any atom is 0.118 e. The number of ether oxygens (including phenoxy) is 2. The molecule has 0 heterocycles. The molecule has 0 amide bonds. The van der Waals surface area contributed by atoms with Gasteiger partial charge in [0.05, 0.1) is 19.6 Å². The number of aryl methyl sites for hydroxylation is 2. The zero-order valence-corrected chi connectivity index (χ0v) is 20.6. The molecule has 0 spiro atoms. The van der Waals surface area contributed by atoms with Crippen molar-refractivity contribution >= 4 is 10.8 Å². The van der Waals surface area contributed by atoms with Crippen LogP contribution in [-0.4, -0.2) is 14.2 Å². The highest BCUT2D eigenvalue weighted by Crippen LogP contribution is 2.58. The first-order valence-corrected chi connectivity index (χ1v) is 12.0. The van der Waals surface area contributed by atoms with Crippen LogP contribution >= 0.6 is 0 Å². The fraction of sp³-hybridized carbons (Fsp3) is 0.152. The van der Waals surface area contributed by atoms with Crippen LogP contribution in [0.25, 0.3) is 21.9 Å². The first-order chi connectivity index (χ1) is 17.1. The Bertz CT molecular complexity index is 1510. The number of benzene rings is 5. The molecule has 2 nitrogen and oxygen atoms in total. The van der Waals surface area contributed by atoms with Crippen LogP contribution < -0.4 is 9.47 Å². The molecule has 0 fully saturated rings. The van der Waals surface area contributed by atoms with Crippen molar-refractivity contribution in [3.05, 3.63) is 130 Å². The number of hydrogen-bond acceptors (Lipinski definition) is 2. The van der Waals surface area contributed by atoms with Crippen molar-refractivity contribution in [2.75, 3.05) is 14.2 Å². The average Bonchev–Trinajstić information content (AvgIpc) is 3.19. The highest BCUT2D eigenvalue weighted by Gasteiger charge is 2.47. The summed E-state index contributed by atoms with van der Waals surface area (Å²) in [4.78, 5) is 0. The molecule has 0 aromatic heterocycles. The summed E-state index contributed by atoms with van der Waals surface area (Å²) < 4.78 is 11.0. The van der Waals surface area contributed by atoms with Gasteiger partial charge in [-0.2, -0.15) is 0 Å². The van der Waals surface area contributed by atoms with Crippen molar-refractivity contribution in [2.45, 2.75) is 19.3 Å². The van der Waals surface area contributed by atoms with Crippen molar-refractivity contribution in [1.82, 2.24) is 0 Å². The van der Waals surface area contributed by atoms with E-state index in [1.165, 1.54) is 55.3 Å². The molecule has 1 aliphatic rings. The molecule has 0 unspecified atom stereocenters. The van der Waals surface area contributed by atoms with Gasteiger partial charge in [-0.15, -0.1) is 0 Å². The molecule has 0 saturated carbocycles. The third-order valence-electron chi connectivity index (χ3n) is 7.55. The van der Waals surface area contributed by atoms with Gasteiger partial charge in [0, 0.05) is 0 Å². The zero-order chi connectivity index (χ0) is 24.2. The Morgan fingerprint density at radius 3 is 1.71 bits per heavy atom. The van der Waals surface area contributed by atoms with Crippen molar-refractivity contribution in [2.24, 2.45) is 0 Å². The summed E-state index contributed by atoms with van der Waals surface area (Å²) in [5.41, 5.74) is 9.81. The summed E-state index contributed by atoms with van der Waals surface area (Å²) in [5.74, 6) is 1.71. The molecule has 1 aliphatic carbocycles. The third kappa shape index (κ3) is 3.03. The first kappa shape index (κ1) is 21.5. The number of fused-ring (bicyclic) bond motifs is 5. The van der Waals surface area contributed by atoms with E-state index in [1.54, 1.807) is 14.2 Å². The largest absolute Gasteiger partial charge is 0.497 e. The van der Waals surface area contributed by atoms with E-state index >= 15 is 0 Å². The third-order valence-corrected chi connectivity index (χ3v) is 7.55. The minimum Gasteiger partial charge on any atom is -0.497 e. The van der Waals surface area contributed by atoms with Crippen molar-refractivity contribution in [3.8, 4) is 22.6 Å². The average molecular weight is 457 g/mol. The van der Waals surface area contributed by atoms with Crippen LogP contribution in [0, 0.1) is 13.8 Å². The Kier molecular flexibility index (Phi) is 4.93. The van der Waals surface area contributed by atoms with E-state index in [-0.39, 0.29) is 0 Å². The number of rotatable bonds is 4. The van der Waals surface area contributed by atoms with Crippen LogP contribution in [0.4, 0.5) is 0 Å². The van der Waals surface area contributed by atoms with Crippen LogP contribution in [0.3, 0.4) is 0 Å². The molecular formula is C33H28O2. The molecular weight excluding hydrogens is 428 g/mol. The van der Waals surface area contributed by atoms with Crippen molar-refractivity contribution in [3.63, 3.8) is 0 Å². The minimum atomic E-state index is -0.454. The lowest BCUT2D eigenvalue weighted by atomic mass is 9.67. The summed E-state index contributed by atoms with van der Waals surface area (Å²) in [6, 6.07) is 35.2. The fourth-order valence-electron chi connectivity index (χ4n) is 5.94. The molecule has 5 aromatic carbocycles. The molecule has 0 aliphatic heterocycles. The molecule has 6 rings (SSSR count). The molecule has 35 heavy (non-hydrogen) atoms. The smallest absolute Gasteiger partial charge is 0.118 e. The molecule has 0 atom stereocenters. The number of hydrogen-bond donors (Lipinski definition) is 0. The lowest BCUT2D eigenvalue weighted by molar-refractivity contribution is 0.414. The summed E-state index contributed by atoms with van der Waals surface area (Å²) in [6.45, 7) is 4.41. The van der Waals surface area contributed by atoms with E-state index in [1.807, 2.05) is 0 Å². The summed E-state index contributed by atoms with van der Waals surface area (Å²) in [5, 5.41) is 2.61. The molecule has 0 saturated heterocycles. The Hall–Kier alpha value is -4.04. The molecule has 0 radical (unpaired) electrons. The Morgan fingerprint density at radius 2 is 1.14 bits per heavy atom. The molecule has 2 heteroatoms. The monoisotopic (exact) mass is 456 g/mol. The van der Waals surface area contributed by atoms with Gasteiger partial charge in [-0.25, -0.2) is 0 Å². The predicted octanol–water partition coefficient (Wildman–Crippen LogP) is 7.84. The van der Waals surface area contributed by atoms with E-state index in [2.05, 4.69) is 111 Å². The maximum atomic E-state index is 5.52. The van der Waals surface area contributed by atoms with E-state index in [0.717, 1.165) is 11.5 Å². The summed E-state index contributed by atoms with van der Waals surface area (Å²) >= 11 is 0. The van der Waals surface area contributed by atoms with Gasteiger partial charge in [-0.05, 0) is 87.8 Å². The second-order valence-corrected chi connectivity index (χ2v) is 9.42. The van der Waals surface area contributed by atoms with Gasteiger partial charge < -0.3 is 9.47 Å². The van der Waals surface area contributed by atoms with Gasteiger partial charge >= 0.3 is 0 Å². The lowest BCUT2D eigenvalue weighted by Gasteiger charge is -2.34. The van der Waals surface area contributed by atoms with Gasteiger partial charge in [-0.1, -0.05) is 78.4 Å². The first-order valence-electron chi connectivity index (χ1n) is 12.0. The predicted molar refractivity (Wildman–Crippen MR) is 144 cm³/mol. The normalized spacial score (nSPS) is 13.4. The molecule has 0 N–H and O–H groups in total. The second kappa shape index (κ2) is 8.02. The quantitative estimate of drug-likeness (QED) is 0.269. The Labute approximate surface area is 206 Å². The molecule has 5 aromatic rings. The van der Waals surface area contributed by atoms with Gasteiger partial charge in [0.1, 0.15) is 11.5 Å². The van der Waals surface area contributed by atoms with Gasteiger partial charge in [0.25, 0.3) is 0 Å². The van der Waals surface area contributed by atoms with Crippen LogP contribution in [0.2, 0.25) is 0 Å². The minimum absolute atomic E-state index is 0.454. The van der Waals surface area contributed by atoms with Gasteiger partial charge in [0.2, 0.25) is 0 Å². The lowest BCUT2D eigenvalue weighted by Crippen LogP contribution is -2.28. The van der Waals surface area contributed by atoms with Crippen LogP contribution in [-0.2, 0) is 5.41 Å². The van der Waals surface area contributed by atoms with E-state index in [0.29, 0.717) is 0 Å². The number of methoxy groups -OCH3 is 2. The summed E-state index contributed by atoms with van der Waals surface area (Å²) in [6.07, 6.45) is 0. The highest BCUT2D eigenvalue weighted by molar-refractivity contribution is 6.05. The zero-order valence-electron chi connectivity index (χ0n) is 20.6. The van der Waals surface area contributed by atoms with Crippen LogP contribution in [0.15, 0.2) is 97.1 Å². The topological polar surface area (TPSA) is 18.5 Å². The van der Waals surface area contributed by atoms with E-state index < -0.39 is 5.41 Å². The Morgan fingerprint density at radius 1 is 0.571 bits per heavy atom. The van der Waals surface area contributed by atoms with E-state index in [9.17, 15) is 0 Å². The van der Waals surface area contributed by atoms with E-state index in [4.69, 9.17) is 9.47 Å². The second-order valence-electron chi connectivity index (χ2n) is 9.42. The summed E-state index contributed by atoms with van der Waals surface area (Å²) in [7, 11) is 3.43. The molecule has 172 valence electrons. The van der Waals surface area contributed by atoms with Crippen molar-refractivity contribution < 1.29 is 9.47 Å². The van der Waals surface area contributed by atoms with Gasteiger partial charge in [-0.3, -0.25) is 0 Å².